The summed E-state index contributed by atoms with van der Waals surface area (Å²) in [6.45, 7) is 0.625. The molecule has 0 bridgehead atoms. The molecule has 2 unspecified atom stereocenters. The number of hydrogen-bond acceptors (Lipinski definition) is 4. The van der Waals surface area contributed by atoms with Crippen molar-refractivity contribution in [2.45, 2.75) is 18.9 Å². The molecule has 1 heterocycles. The maximum atomic E-state index is 7.02. The summed E-state index contributed by atoms with van der Waals surface area (Å²) in [7, 11) is 0. The van der Waals surface area contributed by atoms with Gasteiger partial charge in [-0.2, -0.15) is 0 Å². The first-order chi connectivity index (χ1) is 26.2. The van der Waals surface area contributed by atoms with Crippen LogP contribution in [0.1, 0.15) is 29.0 Å². The van der Waals surface area contributed by atoms with Crippen molar-refractivity contribution in [1.82, 2.24) is 10.6 Å². The average molecular weight is 684 g/mol. The van der Waals surface area contributed by atoms with Crippen molar-refractivity contribution in [2.24, 2.45) is 5.73 Å². The third kappa shape index (κ3) is 5.61. The van der Waals surface area contributed by atoms with Crippen LogP contribution in [-0.4, -0.2) is 0 Å². The molecule has 53 heavy (non-hydrogen) atoms. The van der Waals surface area contributed by atoms with E-state index in [-0.39, 0.29) is 6.17 Å². The van der Waals surface area contributed by atoms with Crippen LogP contribution in [0, 0.1) is 0 Å². The fourth-order valence-corrected chi connectivity index (χ4v) is 8.13. The van der Waals surface area contributed by atoms with E-state index in [1.807, 2.05) is 12.1 Å². The molecule has 0 radical (unpaired) electrons. The summed E-state index contributed by atoms with van der Waals surface area (Å²) in [4.78, 5) is 0. The van der Waals surface area contributed by atoms with E-state index in [2.05, 4.69) is 174 Å². The molecule has 0 fully saturated rings. The number of fused-ring (bicyclic) bond motifs is 6. The van der Waals surface area contributed by atoms with Gasteiger partial charge in [0, 0.05) is 17.5 Å². The van der Waals surface area contributed by atoms with E-state index < -0.39 is 6.17 Å². The monoisotopic (exact) mass is 683 g/mol. The minimum absolute atomic E-state index is 0.282. The Kier molecular flexibility index (Phi) is 7.73. The Hall–Kier alpha value is -6.30. The second kappa shape index (κ2) is 13.0. The molecule has 0 saturated heterocycles. The third-order valence-electron chi connectivity index (χ3n) is 10.8. The van der Waals surface area contributed by atoms with Gasteiger partial charge in [0.2, 0.25) is 0 Å². The molecule has 0 aliphatic carbocycles. The number of rotatable bonds is 8. The van der Waals surface area contributed by atoms with Crippen molar-refractivity contribution in [3.63, 3.8) is 0 Å². The normalized spacial score (nSPS) is 13.2. The molecule has 254 valence electrons. The Labute approximate surface area is 308 Å². The highest BCUT2D eigenvalue weighted by Gasteiger charge is 2.23. The van der Waals surface area contributed by atoms with Crippen LogP contribution in [0.2, 0.25) is 0 Å². The molecule has 4 heteroatoms. The zero-order valence-electron chi connectivity index (χ0n) is 29.1. The van der Waals surface area contributed by atoms with E-state index in [1.54, 1.807) is 0 Å². The first kappa shape index (κ1) is 31.4. The summed E-state index contributed by atoms with van der Waals surface area (Å²) in [5.74, 6) is 1.74. The average Bonchev–Trinajstić information content (AvgIpc) is 3.22. The number of nitrogens with one attached hydrogen (secondary N) is 2. The number of ether oxygens (including phenoxy) is 1. The van der Waals surface area contributed by atoms with Crippen LogP contribution < -0.4 is 21.1 Å². The van der Waals surface area contributed by atoms with Crippen LogP contribution in [-0.2, 0) is 6.54 Å². The van der Waals surface area contributed by atoms with Crippen molar-refractivity contribution in [1.29, 1.82) is 0 Å². The Morgan fingerprint density at radius 1 is 0.472 bits per heavy atom. The van der Waals surface area contributed by atoms with Crippen LogP contribution in [0.25, 0.3) is 65.3 Å². The molecule has 0 saturated carbocycles. The minimum Gasteiger partial charge on any atom is -0.456 e. The SMILES string of the molecule is NC(NC(NCc1c2ccccc2cc2c1ccc1ccccc12)c1ccc2c(c1)-c1cccc3cccc(c13)O2)c1ccc(-c2ccccc2)cc1. The Morgan fingerprint density at radius 3 is 2.02 bits per heavy atom. The van der Waals surface area contributed by atoms with Gasteiger partial charge in [-0.25, -0.2) is 0 Å². The van der Waals surface area contributed by atoms with Crippen LogP contribution in [0.3, 0.4) is 0 Å². The lowest BCUT2D eigenvalue weighted by atomic mass is 9.92. The van der Waals surface area contributed by atoms with Gasteiger partial charge in [-0.15, -0.1) is 0 Å². The predicted octanol–water partition coefficient (Wildman–Crippen LogP) is 11.8. The highest BCUT2D eigenvalue weighted by atomic mass is 16.5. The summed E-state index contributed by atoms with van der Waals surface area (Å²) in [6, 6.07) is 62.4. The molecule has 0 spiro atoms. The van der Waals surface area contributed by atoms with Gasteiger partial charge in [0.25, 0.3) is 0 Å². The Balaban J connectivity index is 1.06. The molecule has 4 N–H and O–H groups in total. The Bertz CT molecular complexity index is 2810. The van der Waals surface area contributed by atoms with Gasteiger partial charge < -0.3 is 10.5 Å². The second-order valence-corrected chi connectivity index (χ2v) is 13.9. The fraction of sp³-hybridized carbons (Fsp3) is 0.0612. The fourth-order valence-electron chi connectivity index (χ4n) is 8.13. The molecule has 9 aromatic carbocycles. The quantitative estimate of drug-likeness (QED) is 0.0848. The van der Waals surface area contributed by atoms with Gasteiger partial charge in [-0.3, -0.25) is 10.6 Å². The first-order valence-corrected chi connectivity index (χ1v) is 18.2. The Morgan fingerprint density at radius 2 is 1.17 bits per heavy atom. The van der Waals surface area contributed by atoms with E-state index >= 15 is 0 Å². The lowest BCUT2D eigenvalue weighted by molar-refractivity contribution is 0.386. The zero-order valence-corrected chi connectivity index (χ0v) is 29.1. The first-order valence-electron chi connectivity index (χ1n) is 18.2. The molecule has 0 aromatic heterocycles. The molecule has 1 aliphatic rings. The summed E-state index contributed by atoms with van der Waals surface area (Å²) in [5.41, 5.74) is 15.0. The summed E-state index contributed by atoms with van der Waals surface area (Å²) in [6.07, 6.45) is -0.711. The molecular weight excluding hydrogens is 647 g/mol. The summed E-state index contributed by atoms with van der Waals surface area (Å²) < 4.78 is 6.48. The van der Waals surface area contributed by atoms with Crippen molar-refractivity contribution < 1.29 is 4.74 Å². The van der Waals surface area contributed by atoms with Crippen molar-refractivity contribution in [3.05, 3.63) is 193 Å². The third-order valence-corrected chi connectivity index (χ3v) is 10.8. The zero-order chi connectivity index (χ0) is 35.3. The van der Waals surface area contributed by atoms with Gasteiger partial charge in [0.1, 0.15) is 11.5 Å². The molecular formula is C49H37N3O. The van der Waals surface area contributed by atoms with Crippen LogP contribution in [0.15, 0.2) is 176 Å². The van der Waals surface area contributed by atoms with E-state index in [1.165, 1.54) is 54.4 Å². The lowest BCUT2D eigenvalue weighted by Gasteiger charge is -2.28. The van der Waals surface area contributed by atoms with E-state index in [0.29, 0.717) is 6.54 Å². The maximum absolute atomic E-state index is 7.02. The lowest BCUT2D eigenvalue weighted by Crippen LogP contribution is -2.39. The highest BCUT2D eigenvalue weighted by molar-refractivity contribution is 6.14. The predicted molar refractivity (Wildman–Crippen MR) is 220 cm³/mol. The standard InChI is InChI=1S/C49H37N3O/c50-48(35-22-20-32(21-23-35)31-10-2-1-3-11-31)52-49(37-25-27-45-43(29-37)41-18-8-14-34-15-9-19-46(53-45)47(34)41)51-30-44-39-17-7-5-13-36(39)28-42-38-16-6-4-12-33(38)24-26-40(42)44/h1-29,48-49,51-52H,30,50H2. The van der Waals surface area contributed by atoms with E-state index in [0.717, 1.165) is 39.1 Å². The van der Waals surface area contributed by atoms with Gasteiger partial charge in [0.05, 0.1) is 12.3 Å². The van der Waals surface area contributed by atoms with Crippen LogP contribution >= 0.6 is 0 Å². The van der Waals surface area contributed by atoms with Crippen molar-refractivity contribution in [3.8, 4) is 33.8 Å². The van der Waals surface area contributed by atoms with E-state index in [4.69, 9.17) is 10.5 Å². The molecule has 9 aromatic rings. The minimum atomic E-state index is -0.429. The van der Waals surface area contributed by atoms with Gasteiger partial charge >= 0.3 is 0 Å². The molecule has 10 rings (SSSR count). The topological polar surface area (TPSA) is 59.3 Å². The highest BCUT2D eigenvalue weighted by Crippen LogP contribution is 2.47. The summed E-state index contributed by atoms with van der Waals surface area (Å²) in [5, 5.41) is 17.5. The molecule has 0 amide bonds. The van der Waals surface area contributed by atoms with Crippen molar-refractivity contribution >= 4 is 43.1 Å². The summed E-state index contributed by atoms with van der Waals surface area (Å²) >= 11 is 0. The number of nitrogens with two attached hydrogens (primary N) is 1. The molecule has 1 aliphatic heterocycles. The number of benzene rings is 9. The van der Waals surface area contributed by atoms with Crippen molar-refractivity contribution in [2.75, 3.05) is 0 Å². The van der Waals surface area contributed by atoms with E-state index in [9.17, 15) is 0 Å². The van der Waals surface area contributed by atoms with Gasteiger partial charge in [0.15, 0.2) is 0 Å². The second-order valence-electron chi connectivity index (χ2n) is 13.9. The smallest absolute Gasteiger partial charge is 0.135 e. The van der Waals surface area contributed by atoms with Gasteiger partial charge in [-0.05, 0) is 95.3 Å². The van der Waals surface area contributed by atoms with Crippen LogP contribution in [0.5, 0.6) is 11.5 Å². The number of hydrogen-bond donors (Lipinski definition) is 3. The van der Waals surface area contributed by atoms with Gasteiger partial charge in [-0.1, -0.05) is 152 Å². The van der Waals surface area contributed by atoms with Crippen LogP contribution in [0.4, 0.5) is 0 Å². The molecule has 4 nitrogen and oxygen atoms in total. The maximum Gasteiger partial charge on any atom is 0.135 e. The molecule has 2 atom stereocenters. The largest absolute Gasteiger partial charge is 0.456 e.